The Morgan fingerprint density at radius 3 is 2.71 bits per heavy atom. The average molecular weight is 303 g/mol. The second-order valence-electron chi connectivity index (χ2n) is 5.05. The zero-order valence-electron chi connectivity index (χ0n) is 11.4. The lowest BCUT2D eigenvalue weighted by molar-refractivity contribution is 0.363. The maximum atomic E-state index is 9.85. The highest BCUT2D eigenvalue weighted by molar-refractivity contribution is 7.99. The third-order valence-corrected chi connectivity index (χ3v) is 4.83. The quantitative estimate of drug-likeness (QED) is 0.656. The van der Waals surface area contributed by atoms with E-state index in [9.17, 15) is 15.3 Å². The van der Waals surface area contributed by atoms with Gasteiger partial charge in [0.2, 0.25) is 5.75 Å². The van der Waals surface area contributed by atoms with E-state index >= 15 is 0 Å². The minimum Gasteiger partial charge on any atom is -0.504 e. The molecule has 4 N–H and O–H groups in total. The number of phenolic OH excluding ortho intramolecular Hbond substituents is 3. The Bertz CT molecular complexity index is 660. The van der Waals surface area contributed by atoms with E-state index in [0.717, 1.165) is 12.2 Å². The number of nitrogens with one attached hydrogen (secondary N) is 1. The number of aromatic hydroxyl groups is 3. The summed E-state index contributed by atoms with van der Waals surface area (Å²) in [5, 5.41) is 32.2. The van der Waals surface area contributed by atoms with Crippen LogP contribution >= 0.6 is 11.8 Å². The predicted molar refractivity (Wildman–Crippen MR) is 82.8 cm³/mol. The number of fused-ring (bicyclic) bond motifs is 1. The highest BCUT2D eigenvalue weighted by Gasteiger charge is 2.20. The molecule has 5 heteroatoms. The summed E-state index contributed by atoms with van der Waals surface area (Å²) in [6.07, 6.45) is 1.02. The van der Waals surface area contributed by atoms with E-state index in [0.29, 0.717) is 12.1 Å². The van der Waals surface area contributed by atoms with Gasteiger partial charge in [0.15, 0.2) is 11.5 Å². The molecular formula is C16H17NO3S. The van der Waals surface area contributed by atoms with Crippen molar-refractivity contribution in [1.29, 1.82) is 0 Å². The lowest BCUT2D eigenvalue weighted by Gasteiger charge is -2.26. The van der Waals surface area contributed by atoms with E-state index in [2.05, 4.69) is 17.4 Å². The van der Waals surface area contributed by atoms with Gasteiger partial charge >= 0.3 is 0 Å². The molecule has 21 heavy (non-hydrogen) atoms. The first-order valence-electron chi connectivity index (χ1n) is 6.84. The van der Waals surface area contributed by atoms with Gasteiger partial charge in [0.1, 0.15) is 0 Å². The Balaban J connectivity index is 1.76. The Morgan fingerprint density at radius 1 is 1.05 bits per heavy atom. The van der Waals surface area contributed by atoms with E-state index in [1.165, 1.54) is 16.5 Å². The molecule has 0 spiro atoms. The minimum atomic E-state index is -0.464. The van der Waals surface area contributed by atoms with Crippen LogP contribution in [0.25, 0.3) is 0 Å². The first kappa shape index (κ1) is 14.1. The summed E-state index contributed by atoms with van der Waals surface area (Å²) in [7, 11) is 0. The molecule has 0 saturated carbocycles. The summed E-state index contributed by atoms with van der Waals surface area (Å²) in [5.74, 6) is 0.0205. The number of benzene rings is 2. The van der Waals surface area contributed by atoms with Crippen LogP contribution in [0.5, 0.6) is 17.2 Å². The van der Waals surface area contributed by atoms with Crippen molar-refractivity contribution in [3.8, 4) is 17.2 Å². The van der Waals surface area contributed by atoms with Crippen molar-refractivity contribution in [2.75, 3.05) is 5.75 Å². The van der Waals surface area contributed by atoms with E-state index in [4.69, 9.17) is 0 Å². The third kappa shape index (κ3) is 2.80. The van der Waals surface area contributed by atoms with Gasteiger partial charge in [0.25, 0.3) is 0 Å². The number of hydrogen-bond donors (Lipinski definition) is 4. The molecule has 0 aliphatic carbocycles. The second-order valence-corrected chi connectivity index (χ2v) is 6.19. The molecule has 1 atom stereocenters. The fraction of sp³-hybridized carbons (Fsp3) is 0.250. The lowest BCUT2D eigenvalue weighted by atomic mass is 10.0. The molecule has 110 valence electrons. The lowest BCUT2D eigenvalue weighted by Crippen LogP contribution is -2.24. The fourth-order valence-electron chi connectivity index (χ4n) is 2.54. The molecule has 3 rings (SSSR count). The average Bonchev–Trinajstić information content (AvgIpc) is 2.52. The van der Waals surface area contributed by atoms with Crippen molar-refractivity contribution >= 4 is 11.8 Å². The van der Waals surface area contributed by atoms with Crippen molar-refractivity contribution in [2.24, 2.45) is 0 Å². The Kier molecular flexibility index (Phi) is 3.94. The molecule has 0 radical (unpaired) electrons. The first-order valence-corrected chi connectivity index (χ1v) is 7.83. The van der Waals surface area contributed by atoms with Crippen LogP contribution < -0.4 is 5.32 Å². The molecule has 1 aliphatic rings. The van der Waals surface area contributed by atoms with Crippen molar-refractivity contribution in [1.82, 2.24) is 5.32 Å². The maximum Gasteiger partial charge on any atom is 0.200 e. The number of thioether (sulfide) groups is 1. The summed E-state index contributed by atoms with van der Waals surface area (Å²) in [5.41, 5.74) is 1.84. The molecule has 1 heterocycles. The monoisotopic (exact) mass is 303 g/mol. The van der Waals surface area contributed by atoms with Crippen LogP contribution in [0.1, 0.15) is 23.6 Å². The maximum absolute atomic E-state index is 9.85. The molecule has 0 fully saturated rings. The summed E-state index contributed by atoms with van der Waals surface area (Å²) >= 11 is 1.86. The van der Waals surface area contributed by atoms with Crippen molar-refractivity contribution in [3.05, 3.63) is 47.5 Å². The highest BCUT2D eigenvalue weighted by Crippen LogP contribution is 2.38. The van der Waals surface area contributed by atoms with Crippen LogP contribution in [0.3, 0.4) is 0 Å². The zero-order valence-corrected chi connectivity index (χ0v) is 12.2. The molecule has 4 nitrogen and oxygen atoms in total. The predicted octanol–water partition coefficient (Wildman–Crippen LogP) is 3.13. The van der Waals surface area contributed by atoms with Crippen LogP contribution in [0.4, 0.5) is 0 Å². The van der Waals surface area contributed by atoms with Gasteiger partial charge in [0, 0.05) is 23.0 Å². The summed E-state index contributed by atoms with van der Waals surface area (Å²) in [4.78, 5) is 1.29. The van der Waals surface area contributed by atoms with Gasteiger partial charge in [-0.05, 0) is 29.9 Å². The second kappa shape index (κ2) is 5.87. The largest absolute Gasteiger partial charge is 0.504 e. The highest BCUT2D eigenvalue weighted by atomic mass is 32.2. The Hall–Kier alpha value is -1.85. The van der Waals surface area contributed by atoms with Crippen molar-refractivity contribution < 1.29 is 15.3 Å². The normalized spacial score (nSPS) is 17.4. The van der Waals surface area contributed by atoms with Gasteiger partial charge in [-0.25, -0.2) is 0 Å². The molecule has 1 aliphatic heterocycles. The van der Waals surface area contributed by atoms with Gasteiger partial charge in [0.05, 0.1) is 0 Å². The molecule has 2 aromatic carbocycles. The van der Waals surface area contributed by atoms with Crippen LogP contribution in [0.2, 0.25) is 0 Å². The number of rotatable bonds is 3. The van der Waals surface area contributed by atoms with E-state index in [1.54, 1.807) is 6.07 Å². The molecule has 0 aromatic heterocycles. The molecule has 1 unspecified atom stereocenters. The topological polar surface area (TPSA) is 72.7 Å². The fourth-order valence-corrected chi connectivity index (χ4v) is 3.67. The van der Waals surface area contributed by atoms with Crippen LogP contribution in [0, 0.1) is 0 Å². The van der Waals surface area contributed by atoms with Crippen molar-refractivity contribution in [3.63, 3.8) is 0 Å². The Morgan fingerprint density at radius 2 is 1.86 bits per heavy atom. The van der Waals surface area contributed by atoms with Gasteiger partial charge in [-0.3, -0.25) is 0 Å². The summed E-state index contributed by atoms with van der Waals surface area (Å²) in [6, 6.07) is 11.5. The SMILES string of the molecule is Oc1ccc(CNC2CCSc3ccccc32)c(O)c1O. The van der Waals surface area contributed by atoms with Crippen LogP contribution in [-0.2, 0) is 6.54 Å². The third-order valence-electron chi connectivity index (χ3n) is 3.71. The van der Waals surface area contributed by atoms with Crippen molar-refractivity contribution in [2.45, 2.75) is 23.9 Å². The zero-order chi connectivity index (χ0) is 14.8. The van der Waals surface area contributed by atoms with Gasteiger partial charge < -0.3 is 20.6 Å². The number of hydrogen-bond acceptors (Lipinski definition) is 5. The Labute approximate surface area is 127 Å². The first-order chi connectivity index (χ1) is 10.2. The molecule has 0 saturated heterocycles. The summed E-state index contributed by atoms with van der Waals surface area (Å²) in [6.45, 7) is 0.434. The van der Waals surface area contributed by atoms with Crippen LogP contribution in [0.15, 0.2) is 41.3 Å². The van der Waals surface area contributed by atoms with Gasteiger partial charge in [-0.1, -0.05) is 24.3 Å². The van der Waals surface area contributed by atoms with E-state index in [1.807, 2.05) is 23.9 Å². The van der Waals surface area contributed by atoms with Crippen LogP contribution in [-0.4, -0.2) is 21.1 Å². The molecule has 0 bridgehead atoms. The molecular weight excluding hydrogens is 286 g/mol. The van der Waals surface area contributed by atoms with Gasteiger partial charge in [-0.15, -0.1) is 11.8 Å². The molecule has 2 aromatic rings. The van der Waals surface area contributed by atoms with Gasteiger partial charge in [-0.2, -0.15) is 0 Å². The smallest absolute Gasteiger partial charge is 0.200 e. The molecule has 0 amide bonds. The standard InChI is InChI=1S/C16H17NO3S/c18-13-6-5-10(15(19)16(13)20)9-17-12-7-8-21-14-4-2-1-3-11(12)14/h1-6,12,17-20H,7-9H2. The number of phenols is 3. The van der Waals surface area contributed by atoms with E-state index in [-0.39, 0.29) is 17.5 Å². The minimum absolute atomic E-state index is 0.234. The van der Waals surface area contributed by atoms with E-state index < -0.39 is 5.75 Å². The summed E-state index contributed by atoms with van der Waals surface area (Å²) < 4.78 is 0.